The first kappa shape index (κ1) is 14.6. The van der Waals surface area contributed by atoms with Gasteiger partial charge < -0.3 is 15.9 Å². The van der Waals surface area contributed by atoms with Crippen molar-refractivity contribution in [1.29, 1.82) is 0 Å². The predicted octanol–water partition coefficient (Wildman–Crippen LogP) is 1.23. The second-order valence-corrected chi connectivity index (χ2v) is 5.25. The topological polar surface area (TPSA) is 83.5 Å². The second-order valence-electron chi connectivity index (χ2n) is 3.79. The van der Waals surface area contributed by atoms with Crippen LogP contribution < -0.4 is 5.73 Å². The van der Waals surface area contributed by atoms with E-state index in [1.165, 1.54) is 30.4 Å². The third kappa shape index (κ3) is 3.29. The van der Waals surface area contributed by atoms with Crippen LogP contribution in [-0.4, -0.2) is 26.2 Å². The van der Waals surface area contributed by atoms with Crippen molar-refractivity contribution < 1.29 is 14.4 Å². The molecule has 0 aliphatic heterocycles. The van der Waals surface area contributed by atoms with E-state index in [-0.39, 0.29) is 16.4 Å². The molecule has 4 nitrogen and oxygen atoms in total. The van der Waals surface area contributed by atoms with E-state index in [1.807, 2.05) is 0 Å². The van der Waals surface area contributed by atoms with Gasteiger partial charge in [0.15, 0.2) is 0 Å². The van der Waals surface area contributed by atoms with Crippen LogP contribution in [0.25, 0.3) is 0 Å². The molecule has 18 heavy (non-hydrogen) atoms. The maximum absolute atomic E-state index is 11.8. The zero-order valence-electron chi connectivity index (χ0n) is 9.95. The summed E-state index contributed by atoms with van der Waals surface area (Å²) in [7, 11) is -1.38. The summed E-state index contributed by atoms with van der Waals surface area (Å²) >= 11 is 0. The number of hydrogen-bond donors (Lipinski definition) is 3. The summed E-state index contributed by atoms with van der Waals surface area (Å²) in [6.45, 7) is 7.00. The normalized spacial score (nSPS) is 15.7. The minimum absolute atomic E-state index is 0.0710. The molecular formula is C13H17NO3S. The Kier molecular flexibility index (Phi) is 5.27. The fourth-order valence-electron chi connectivity index (χ4n) is 1.44. The van der Waals surface area contributed by atoms with Gasteiger partial charge in [-0.05, 0) is 17.7 Å². The number of phenolic OH excluding ortho intramolecular Hbond substituents is 1. The van der Waals surface area contributed by atoms with Gasteiger partial charge in [-0.2, -0.15) is 0 Å². The number of aliphatic hydroxyl groups excluding tert-OH is 1. The lowest BCUT2D eigenvalue weighted by Gasteiger charge is -2.16. The Balaban J connectivity index is 3.11. The molecule has 0 aromatic heterocycles. The van der Waals surface area contributed by atoms with Crippen LogP contribution in [-0.2, 0) is 10.8 Å². The van der Waals surface area contributed by atoms with Gasteiger partial charge in [-0.3, -0.25) is 4.21 Å². The van der Waals surface area contributed by atoms with Crippen LogP contribution in [0.15, 0.2) is 48.4 Å². The lowest BCUT2D eigenvalue weighted by Crippen LogP contribution is -2.25. The van der Waals surface area contributed by atoms with Crippen LogP contribution in [0.4, 0.5) is 0 Å². The van der Waals surface area contributed by atoms with E-state index < -0.39 is 22.9 Å². The summed E-state index contributed by atoms with van der Waals surface area (Å²) in [6, 6.07) is 3.81. The van der Waals surface area contributed by atoms with Gasteiger partial charge in [0.25, 0.3) is 0 Å². The molecule has 1 rings (SSSR count). The van der Waals surface area contributed by atoms with Crippen molar-refractivity contribution in [2.45, 2.75) is 17.0 Å². The van der Waals surface area contributed by atoms with Crippen LogP contribution in [0.2, 0.25) is 0 Å². The lowest BCUT2D eigenvalue weighted by atomic mass is 10.0. The molecule has 1 aromatic carbocycles. The number of benzene rings is 1. The van der Waals surface area contributed by atoms with Crippen molar-refractivity contribution in [3.63, 3.8) is 0 Å². The number of rotatable bonds is 6. The van der Waals surface area contributed by atoms with E-state index in [1.54, 1.807) is 0 Å². The molecule has 0 aliphatic carbocycles. The zero-order chi connectivity index (χ0) is 13.7. The summed E-state index contributed by atoms with van der Waals surface area (Å²) in [5.41, 5.74) is 6.14. The van der Waals surface area contributed by atoms with E-state index in [9.17, 15) is 14.4 Å². The molecule has 0 spiro atoms. The number of nitrogens with two attached hydrogens (primary N) is 1. The molecule has 0 amide bonds. The van der Waals surface area contributed by atoms with Crippen LogP contribution in [0, 0.1) is 0 Å². The Bertz CT molecular complexity index is 473. The van der Waals surface area contributed by atoms with Crippen LogP contribution in [0.1, 0.15) is 11.7 Å². The number of hydrogen-bond acceptors (Lipinski definition) is 4. The molecule has 98 valence electrons. The molecule has 3 unspecified atom stereocenters. The Hall–Kier alpha value is -1.43. The average molecular weight is 267 g/mol. The third-order valence-electron chi connectivity index (χ3n) is 2.48. The Morgan fingerprint density at radius 1 is 1.44 bits per heavy atom. The largest absolute Gasteiger partial charge is 0.507 e. The zero-order valence-corrected chi connectivity index (χ0v) is 10.8. The van der Waals surface area contributed by atoms with Crippen molar-refractivity contribution >= 4 is 10.8 Å². The van der Waals surface area contributed by atoms with Gasteiger partial charge in [0.1, 0.15) is 5.75 Å². The molecule has 0 aliphatic rings. The van der Waals surface area contributed by atoms with Crippen molar-refractivity contribution in [3.8, 4) is 5.75 Å². The molecule has 0 saturated carbocycles. The summed E-state index contributed by atoms with van der Waals surface area (Å²) < 4.78 is 11.8. The monoisotopic (exact) mass is 267 g/mol. The van der Waals surface area contributed by atoms with E-state index in [4.69, 9.17) is 5.73 Å². The molecule has 0 heterocycles. The first-order valence-electron chi connectivity index (χ1n) is 5.39. The van der Waals surface area contributed by atoms with E-state index in [2.05, 4.69) is 13.2 Å². The Morgan fingerprint density at radius 3 is 2.67 bits per heavy atom. The van der Waals surface area contributed by atoms with Gasteiger partial charge in [-0.15, -0.1) is 13.2 Å². The van der Waals surface area contributed by atoms with E-state index in [0.29, 0.717) is 5.56 Å². The van der Waals surface area contributed by atoms with Crippen molar-refractivity contribution in [2.75, 3.05) is 5.75 Å². The predicted molar refractivity (Wildman–Crippen MR) is 72.7 cm³/mol. The summed E-state index contributed by atoms with van der Waals surface area (Å²) in [6.07, 6.45) is 1.99. The maximum Gasteiger partial charge on any atom is 0.131 e. The molecule has 0 fully saturated rings. The van der Waals surface area contributed by atoms with Gasteiger partial charge in [-0.1, -0.05) is 18.2 Å². The van der Waals surface area contributed by atoms with Crippen molar-refractivity contribution in [3.05, 3.63) is 49.1 Å². The standard InChI is InChI=1S/C13H17NO3S/c1-3-7-18(17)12-8-9(5-6-11(12)15)13(16)10(14)4-2/h3-6,8,10,13,15-16H,1-2,7,14H2. The number of aromatic hydroxyl groups is 1. The first-order valence-corrected chi connectivity index (χ1v) is 6.71. The Labute approximate surface area is 109 Å². The summed E-state index contributed by atoms with van der Waals surface area (Å²) in [5.74, 6) is 0.166. The van der Waals surface area contributed by atoms with Crippen LogP contribution in [0.3, 0.4) is 0 Å². The van der Waals surface area contributed by atoms with Crippen LogP contribution in [0.5, 0.6) is 5.75 Å². The lowest BCUT2D eigenvalue weighted by molar-refractivity contribution is 0.163. The number of aliphatic hydroxyl groups is 1. The van der Waals surface area contributed by atoms with Gasteiger partial charge in [0.05, 0.1) is 27.8 Å². The molecule has 1 aromatic rings. The highest BCUT2D eigenvalue weighted by molar-refractivity contribution is 7.85. The molecule has 5 heteroatoms. The summed E-state index contributed by atoms with van der Waals surface area (Å²) in [4.78, 5) is 0.266. The molecule has 0 bridgehead atoms. The highest BCUT2D eigenvalue weighted by Crippen LogP contribution is 2.26. The minimum Gasteiger partial charge on any atom is -0.507 e. The molecule has 0 radical (unpaired) electrons. The van der Waals surface area contributed by atoms with Gasteiger partial charge in [-0.25, -0.2) is 0 Å². The second kappa shape index (κ2) is 6.49. The van der Waals surface area contributed by atoms with Crippen molar-refractivity contribution in [1.82, 2.24) is 0 Å². The minimum atomic E-state index is -1.38. The fraction of sp³-hybridized carbons (Fsp3) is 0.231. The van der Waals surface area contributed by atoms with Gasteiger partial charge in [0.2, 0.25) is 0 Å². The molecule has 4 N–H and O–H groups in total. The van der Waals surface area contributed by atoms with E-state index in [0.717, 1.165) is 0 Å². The third-order valence-corrected chi connectivity index (χ3v) is 3.83. The molecule has 0 saturated heterocycles. The quantitative estimate of drug-likeness (QED) is 0.677. The molecule has 3 atom stereocenters. The molecular weight excluding hydrogens is 250 g/mol. The smallest absolute Gasteiger partial charge is 0.131 e. The Morgan fingerprint density at radius 2 is 2.11 bits per heavy atom. The average Bonchev–Trinajstić information content (AvgIpc) is 2.37. The van der Waals surface area contributed by atoms with E-state index >= 15 is 0 Å². The van der Waals surface area contributed by atoms with Gasteiger partial charge >= 0.3 is 0 Å². The first-order chi connectivity index (χ1) is 8.51. The van der Waals surface area contributed by atoms with Crippen LogP contribution >= 0.6 is 0 Å². The highest BCUT2D eigenvalue weighted by Gasteiger charge is 2.17. The summed E-state index contributed by atoms with van der Waals surface area (Å²) in [5, 5.41) is 19.6. The highest BCUT2D eigenvalue weighted by atomic mass is 32.2. The fourth-order valence-corrected chi connectivity index (χ4v) is 2.41. The SMILES string of the molecule is C=CCS(=O)c1cc(C(O)C(N)C=C)ccc1O. The number of phenols is 1. The maximum atomic E-state index is 11.8. The van der Waals surface area contributed by atoms with Gasteiger partial charge in [0, 0.05) is 5.75 Å². The van der Waals surface area contributed by atoms with Crippen molar-refractivity contribution in [2.24, 2.45) is 5.73 Å².